The second-order valence-electron chi connectivity index (χ2n) is 7.24. The molecule has 0 radical (unpaired) electrons. The molecule has 0 fully saturated rings. The average Bonchev–Trinajstić information content (AvgIpc) is 3.31. The molecule has 7 nitrogen and oxygen atoms in total. The number of hydrogen-bond acceptors (Lipinski definition) is 4. The van der Waals surface area contributed by atoms with Crippen LogP contribution in [-0.2, 0) is 24.4 Å². The normalized spacial score (nSPS) is 11.4. The van der Waals surface area contributed by atoms with Gasteiger partial charge in [-0.2, -0.15) is 10.2 Å². The van der Waals surface area contributed by atoms with Crippen LogP contribution in [0.4, 0.5) is 8.78 Å². The topological polar surface area (TPSA) is 77.6 Å². The van der Waals surface area contributed by atoms with E-state index in [0.29, 0.717) is 34.2 Å². The summed E-state index contributed by atoms with van der Waals surface area (Å²) in [7, 11) is 0. The van der Waals surface area contributed by atoms with E-state index in [1.807, 2.05) is 25.1 Å². The van der Waals surface area contributed by atoms with Crippen molar-refractivity contribution in [1.82, 2.24) is 29.9 Å². The summed E-state index contributed by atoms with van der Waals surface area (Å²) in [5, 5.41) is 12.0. The fourth-order valence-corrected chi connectivity index (χ4v) is 3.84. The molecular formula is C22H21ClF2N6O. The number of hydrogen-bond donors (Lipinski definition) is 1. The van der Waals surface area contributed by atoms with Crippen LogP contribution < -0.4 is 5.32 Å². The maximum atomic E-state index is 13.9. The fourth-order valence-electron chi connectivity index (χ4n) is 3.64. The van der Waals surface area contributed by atoms with Gasteiger partial charge < -0.3 is 5.32 Å². The monoisotopic (exact) mass is 458 g/mol. The zero-order chi connectivity index (χ0) is 22.8. The molecule has 1 aromatic carbocycles. The number of nitrogens with zero attached hydrogens (tertiary/aromatic N) is 5. The Hall–Kier alpha value is -3.33. The van der Waals surface area contributed by atoms with Crippen LogP contribution >= 0.6 is 11.6 Å². The van der Waals surface area contributed by atoms with Crippen LogP contribution in [0.1, 0.15) is 30.3 Å². The van der Waals surface area contributed by atoms with Gasteiger partial charge in [0.05, 0.1) is 40.2 Å². The Morgan fingerprint density at radius 1 is 1.22 bits per heavy atom. The summed E-state index contributed by atoms with van der Waals surface area (Å²) >= 11 is 6.14. The van der Waals surface area contributed by atoms with Gasteiger partial charge in [-0.3, -0.25) is 9.48 Å². The molecule has 4 rings (SSSR count). The quantitative estimate of drug-likeness (QED) is 0.441. The minimum Gasteiger partial charge on any atom is -0.349 e. The Labute approximate surface area is 188 Å². The van der Waals surface area contributed by atoms with Crippen LogP contribution in [0.2, 0.25) is 5.02 Å². The largest absolute Gasteiger partial charge is 0.349 e. The second kappa shape index (κ2) is 9.04. The molecule has 0 aliphatic carbocycles. The van der Waals surface area contributed by atoms with Crippen LogP contribution in [0.5, 0.6) is 0 Å². The lowest BCUT2D eigenvalue weighted by Crippen LogP contribution is -2.28. The highest BCUT2D eigenvalue weighted by molar-refractivity contribution is 6.31. The van der Waals surface area contributed by atoms with Crippen molar-refractivity contribution in [2.24, 2.45) is 0 Å². The van der Waals surface area contributed by atoms with Gasteiger partial charge in [-0.15, -0.1) is 0 Å². The van der Waals surface area contributed by atoms with Crippen LogP contribution in [0.15, 0.2) is 42.6 Å². The molecule has 4 aromatic rings. The van der Waals surface area contributed by atoms with Gasteiger partial charge >= 0.3 is 0 Å². The lowest BCUT2D eigenvalue weighted by atomic mass is 10.1. The number of rotatable bonds is 7. The van der Waals surface area contributed by atoms with E-state index in [1.165, 1.54) is 16.9 Å². The summed E-state index contributed by atoms with van der Waals surface area (Å²) < 4.78 is 30.8. The van der Waals surface area contributed by atoms with Gasteiger partial charge in [0.15, 0.2) is 5.65 Å². The zero-order valence-electron chi connectivity index (χ0n) is 17.5. The van der Waals surface area contributed by atoms with E-state index in [2.05, 4.69) is 20.5 Å². The molecule has 0 atom stereocenters. The number of aromatic nitrogens is 5. The number of carbonyl (C=O) groups is 1. The third kappa shape index (κ3) is 4.20. The van der Waals surface area contributed by atoms with Crippen molar-refractivity contribution in [2.75, 3.05) is 0 Å². The second-order valence-corrected chi connectivity index (χ2v) is 7.64. The molecule has 1 N–H and O–H groups in total. The van der Waals surface area contributed by atoms with Crippen molar-refractivity contribution in [2.45, 2.75) is 39.9 Å². The first-order valence-corrected chi connectivity index (χ1v) is 10.4. The first-order chi connectivity index (χ1) is 15.4. The summed E-state index contributed by atoms with van der Waals surface area (Å²) in [6.07, 6.45) is -1.18. The number of nitrogens with one attached hydrogen (secondary N) is 1. The minimum atomic E-state index is -2.70. The standard InChI is InChI=1S/C22H21ClF2N6O/c1-3-30-18(16(23)10-27-30)11-26-19(32)12-31-22-20(13(2)29-31)15(21(24)25)9-17(28-22)14-7-5-4-6-8-14/h4-10,21H,3,11-12H2,1-2H3,(H,26,32). The van der Waals surface area contributed by atoms with E-state index >= 15 is 0 Å². The molecule has 3 aromatic heterocycles. The molecule has 0 unspecified atom stereocenters. The van der Waals surface area contributed by atoms with E-state index in [0.717, 1.165) is 0 Å². The lowest BCUT2D eigenvalue weighted by Gasteiger charge is -2.10. The molecule has 0 saturated heterocycles. The summed E-state index contributed by atoms with van der Waals surface area (Å²) in [6, 6.07) is 10.4. The van der Waals surface area contributed by atoms with E-state index in [9.17, 15) is 13.6 Å². The van der Waals surface area contributed by atoms with Gasteiger partial charge in [-0.25, -0.2) is 18.4 Å². The molecule has 0 aliphatic rings. The zero-order valence-corrected chi connectivity index (χ0v) is 18.3. The van der Waals surface area contributed by atoms with Crippen molar-refractivity contribution >= 4 is 28.5 Å². The van der Waals surface area contributed by atoms with Gasteiger partial charge in [0.25, 0.3) is 6.43 Å². The number of amides is 1. The molecule has 1 amide bonds. The number of halogens is 3. The molecule has 10 heteroatoms. The number of carbonyl (C=O) groups excluding carboxylic acids is 1. The van der Waals surface area contributed by atoms with E-state index in [1.54, 1.807) is 23.7 Å². The van der Waals surface area contributed by atoms with Crippen LogP contribution in [0, 0.1) is 6.92 Å². The average molecular weight is 459 g/mol. The Bertz CT molecular complexity index is 1270. The highest BCUT2D eigenvalue weighted by Crippen LogP contribution is 2.33. The van der Waals surface area contributed by atoms with E-state index in [-0.39, 0.29) is 35.6 Å². The highest BCUT2D eigenvalue weighted by atomic mass is 35.5. The summed E-state index contributed by atoms with van der Waals surface area (Å²) in [5.74, 6) is -0.347. The summed E-state index contributed by atoms with van der Waals surface area (Å²) in [5.41, 5.74) is 2.26. The molecule has 0 aliphatic heterocycles. The smallest absolute Gasteiger partial charge is 0.264 e. The third-order valence-corrected chi connectivity index (χ3v) is 5.47. The van der Waals surface area contributed by atoms with Gasteiger partial charge in [0, 0.05) is 17.7 Å². The maximum Gasteiger partial charge on any atom is 0.264 e. The van der Waals surface area contributed by atoms with Gasteiger partial charge in [0.1, 0.15) is 6.54 Å². The Kier molecular flexibility index (Phi) is 6.18. The predicted octanol–water partition coefficient (Wildman–Crippen LogP) is 4.53. The van der Waals surface area contributed by atoms with E-state index < -0.39 is 6.43 Å². The van der Waals surface area contributed by atoms with Gasteiger partial charge in [-0.1, -0.05) is 41.9 Å². The third-order valence-electron chi connectivity index (χ3n) is 5.16. The van der Waals surface area contributed by atoms with Crippen molar-refractivity contribution in [1.29, 1.82) is 0 Å². The first kappa shape index (κ1) is 21.9. The molecule has 32 heavy (non-hydrogen) atoms. The summed E-state index contributed by atoms with van der Waals surface area (Å²) in [6.45, 7) is 4.18. The molecule has 0 saturated carbocycles. The minimum absolute atomic E-state index is 0.156. The van der Waals surface area contributed by atoms with Crippen LogP contribution in [-0.4, -0.2) is 30.5 Å². The van der Waals surface area contributed by atoms with Crippen molar-refractivity contribution in [3.63, 3.8) is 0 Å². The number of alkyl halides is 2. The van der Waals surface area contributed by atoms with Crippen molar-refractivity contribution < 1.29 is 13.6 Å². The Morgan fingerprint density at radius 2 is 1.97 bits per heavy atom. The molecule has 166 valence electrons. The predicted molar refractivity (Wildman–Crippen MR) is 117 cm³/mol. The van der Waals surface area contributed by atoms with Crippen molar-refractivity contribution in [3.05, 3.63) is 64.6 Å². The SMILES string of the molecule is CCn1ncc(Cl)c1CNC(=O)Cn1nc(C)c2c(C(F)F)cc(-c3ccccc3)nc21. The molecule has 0 bridgehead atoms. The Balaban J connectivity index is 1.66. The number of aryl methyl sites for hydroxylation is 2. The highest BCUT2D eigenvalue weighted by Gasteiger charge is 2.22. The first-order valence-electron chi connectivity index (χ1n) is 10.1. The molecular weight excluding hydrogens is 438 g/mol. The van der Waals surface area contributed by atoms with Crippen LogP contribution in [0.25, 0.3) is 22.3 Å². The lowest BCUT2D eigenvalue weighted by molar-refractivity contribution is -0.122. The van der Waals surface area contributed by atoms with Gasteiger partial charge in [-0.05, 0) is 19.9 Å². The molecule has 0 spiro atoms. The number of benzene rings is 1. The van der Waals surface area contributed by atoms with Gasteiger partial charge in [0.2, 0.25) is 5.91 Å². The number of fused-ring (bicyclic) bond motifs is 1. The molecule has 3 heterocycles. The summed E-state index contributed by atoms with van der Waals surface area (Å²) in [4.78, 5) is 17.2. The van der Waals surface area contributed by atoms with Crippen molar-refractivity contribution in [3.8, 4) is 11.3 Å². The fraction of sp³-hybridized carbons (Fsp3) is 0.273. The Morgan fingerprint density at radius 3 is 2.66 bits per heavy atom. The van der Waals surface area contributed by atoms with Crippen LogP contribution in [0.3, 0.4) is 0 Å². The number of pyridine rings is 1. The maximum absolute atomic E-state index is 13.9. The van der Waals surface area contributed by atoms with E-state index in [4.69, 9.17) is 11.6 Å².